The second kappa shape index (κ2) is 5.82. The summed E-state index contributed by atoms with van der Waals surface area (Å²) >= 11 is 8.72. The van der Waals surface area contributed by atoms with Gasteiger partial charge in [-0.05, 0) is 42.4 Å². The van der Waals surface area contributed by atoms with Gasteiger partial charge in [-0.2, -0.15) is 4.37 Å². The van der Waals surface area contributed by atoms with Crippen LogP contribution in [0, 0.1) is 13.8 Å². The van der Waals surface area contributed by atoms with E-state index >= 15 is 0 Å². The van der Waals surface area contributed by atoms with Crippen LogP contribution in [0.5, 0.6) is 0 Å². The zero-order valence-corrected chi connectivity index (χ0v) is 12.5. The normalized spacial score (nSPS) is 10.6. The summed E-state index contributed by atoms with van der Waals surface area (Å²) in [4.78, 5) is 14.9. The van der Waals surface area contributed by atoms with Gasteiger partial charge in [-0.15, -0.1) is 22.9 Å². The molecule has 0 aliphatic carbocycles. The fourth-order valence-corrected chi connectivity index (χ4v) is 3.23. The summed E-state index contributed by atoms with van der Waals surface area (Å²) < 4.78 is 4.21. The van der Waals surface area contributed by atoms with Gasteiger partial charge in [0.2, 0.25) is 5.91 Å². The minimum Gasteiger partial charge on any atom is -0.304 e. The molecule has 0 saturated carbocycles. The van der Waals surface area contributed by atoms with Crippen LogP contribution in [-0.2, 0) is 11.3 Å². The molecule has 0 atom stereocenters. The Balaban J connectivity index is 2.26. The van der Waals surface area contributed by atoms with Crippen molar-refractivity contribution in [2.75, 3.05) is 10.8 Å². The predicted molar refractivity (Wildman–Crippen MR) is 77.8 cm³/mol. The van der Waals surface area contributed by atoms with Crippen LogP contribution >= 0.6 is 34.5 Å². The largest absolute Gasteiger partial charge is 0.304 e. The summed E-state index contributed by atoms with van der Waals surface area (Å²) in [6.07, 6.45) is 0. The Morgan fingerprint density at radius 2 is 2.22 bits per heavy atom. The van der Waals surface area contributed by atoms with Crippen molar-refractivity contribution in [1.29, 1.82) is 0 Å². The van der Waals surface area contributed by atoms with Gasteiger partial charge in [0.1, 0.15) is 5.88 Å². The second-order valence-electron chi connectivity index (χ2n) is 3.96. The van der Waals surface area contributed by atoms with E-state index in [0.29, 0.717) is 6.54 Å². The third-order valence-electron chi connectivity index (χ3n) is 2.56. The van der Waals surface area contributed by atoms with Crippen molar-refractivity contribution in [3.05, 3.63) is 33.0 Å². The summed E-state index contributed by atoms with van der Waals surface area (Å²) in [5.74, 6) is -0.109. The van der Waals surface area contributed by atoms with Crippen LogP contribution < -0.4 is 4.90 Å². The molecular weight excluding hydrogens is 288 g/mol. The van der Waals surface area contributed by atoms with Gasteiger partial charge in [0, 0.05) is 10.3 Å². The summed E-state index contributed by atoms with van der Waals surface area (Å²) in [6.45, 7) is 4.51. The van der Waals surface area contributed by atoms with Crippen LogP contribution in [0.2, 0.25) is 0 Å². The topological polar surface area (TPSA) is 33.2 Å². The lowest BCUT2D eigenvalue weighted by molar-refractivity contribution is -0.116. The van der Waals surface area contributed by atoms with E-state index in [1.807, 2.05) is 12.3 Å². The van der Waals surface area contributed by atoms with E-state index < -0.39 is 0 Å². The van der Waals surface area contributed by atoms with Gasteiger partial charge >= 0.3 is 0 Å². The summed E-state index contributed by atoms with van der Waals surface area (Å²) in [5.41, 5.74) is 2.85. The number of amides is 1. The average molecular weight is 301 g/mol. The molecule has 0 unspecified atom stereocenters. The zero-order chi connectivity index (χ0) is 13.1. The SMILES string of the molecule is Cc1cc(CN(C(=O)CCl)c2csnc2C)cs1. The van der Waals surface area contributed by atoms with E-state index in [4.69, 9.17) is 11.6 Å². The summed E-state index contributed by atoms with van der Waals surface area (Å²) in [7, 11) is 0. The van der Waals surface area contributed by atoms with Gasteiger partial charge in [0.05, 0.1) is 17.9 Å². The first-order valence-electron chi connectivity index (χ1n) is 5.43. The molecule has 0 N–H and O–H groups in total. The molecule has 0 radical (unpaired) electrons. The van der Waals surface area contributed by atoms with Crippen molar-refractivity contribution in [2.45, 2.75) is 20.4 Å². The lowest BCUT2D eigenvalue weighted by atomic mass is 10.2. The van der Waals surface area contributed by atoms with Crippen LogP contribution in [0.4, 0.5) is 5.69 Å². The molecule has 96 valence electrons. The number of aryl methyl sites for hydroxylation is 2. The van der Waals surface area contributed by atoms with Gasteiger partial charge < -0.3 is 4.90 Å². The lowest BCUT2D eigenvalue weighted by Gasteiger charge is -2.20. The Morgan fingerprint density at radius 1 is 1.44 bits per heavy atom. The maximum Gasteiger partial charge on any atom is 0.242 e. The molecule has 2 aromatic rings. The van der Waals surface area contributed by atoms with Crippen LogP contribution in [0.15, 0.2) is 16.8 Å². The first kappa shape index (κ1) is 13.5. The smallest absolute Gasteiger partial charge is 0.242 e. The Labute approximate surface area is 119 Å². The van der Waals surface area contributed by atoms with E-state index in [2.05, 4.69) is 22.7 Å². The highest BCUT2D eigenvalue weighted by atomic mass is 35.5. The lowest BCUT2D eigenvalue weighted by Crippen LogP contribution is -2.31. The molecule has 3 nitrogen and oxygen atoms in total. The van der Waals surface area contributed by atoms with E-state index in [1.165, 1.54) is 16.4 Å². The van der Waals surface area contributed by atoms with Gasteiger partial charge in [-0.1, -0.05) is 0 Å². The molecule has 2 aromatic heterocycles. The highest BCUT2D eigenvalue weighted by Crippen LogP contribution is 2.25. The monoisotopic (exact) mass is 300 g/mol. The Bertz CT molecular complexity index is 550. The number of hydrogen-bond donors (Lipinski definition) is 0. The highest BCUT2D eigenvalue weighted by molar-refractivity contribution is 7.10. The fourth-order valence-electron chi connectivity index (χ4n) is 1.69. The molecule has 0 fully saturated rings. The predicted octanol–water partition coefficient (Wildman–Crippen LogP) is 3.59. The van der Waals surface area contributed by atoms with E-state index in [1.54, 1.807) is 16.2 Å². The second-order valence-corrected chi connectivity index (χ2v) is 5.98. The Kier molecular flexibility index (Phi) is 4.37. The summed E-state index contributed by atoms with van der Waals surface area (Å²) in [6, 6.07) is 2.09. The quantitative estimate of drug-likeness (QED) is 0.808. The first-order valence-corrected chi connectivity index (χ1v) is 7.68. The first-order chi connectivity index (χ1) is 8.61. The number of rotatable bonds is 4. The number of carbonyl (C=O) groups excluding carboxylic acids is 1. The minimum absolute atomic E-state index is 0.0155. The van der Waals surface area contributed by atoms with Gasteiger partial charge in [0.25, 0.3) is 0 Å². The average Bonchev–Trinajstić information content (AvgIpc) is 2.94. The molecule has 0 aliphatic rings. The maximum absolute atomic E-state index is 11.9. The molecular formula is C12H13ClN2OS2. The maximum atomic E-state index is 11.9. The van der Waals surface area contributed by atoms with E-state index in [9.17, 15) is 4.79 Å². The summed E-state index contributed by atoms with van der Waals surface area (Å²) in [5, 5.41) is 3.96. The highest BCUT2D eigenvalue weighted by Gasteiger charge is 2.19. The van der Waals surface area contributed by atoms with Crippen LogP contribution in [0.3, 0.4) is 0 Å². The van der Waals surface area contributed by atoms with Gasteiger partial charge in [-0.3, -0.25) is 4.79 Å². The van der Waals surface area contributed by atoms with Crippen molar-refractivity contribution >= 4 is 46.1 Å². The molecule has 2 heterocycles. The molecule has 1 amide bonds. The fraction of sp³-hybridized carbons (Fsp3) is 0.333. The molecule has 0 aromatic carbocycles. The number of carbonyl (C=O) groups is 1. The van der Waals surface area contributed by atoms with Gasteiger partial charge in [-0.25, -0.2) is 0 Å². The number of thiophene rings is 1. The van der Waals surface area contributed by atoms with E-state index in [0.717, 1.165) is 16.9 Å². The molecule has 0 saturated heterocycles. The van der Waals surface area contributed by atoms with Crippen molar-refractivity contribution in [1.82, 2.24) is 4.37 Å². The number of aromatic nitrogens is 1. The molecule has 0 bridgehead atoms. The number of alkyl halides is 1. The number of hydrogen-bond acceptors (Lipinski definition) is 4. The van der Waals surface area contributed by atoms with Crippen molar-refractivity contribution in [3.8, 4) is 0 Å². The van der Waals surface area contributed by atoms with Crippen molar-refractivity contribution in [2.24, 2.45) is 0 Å². The van der Waals surface area contributed by atoms with Crippen LogP contribution in [0.1, 0.15) is 16.1 Å². The van der Waals surface area contributed by atoms with Gasteiger partial charge in [0.15, 0.2) is 0 Å². The Hall–Kier alpha value is -0.910. The third kappa shape index (κ3) is 2.91. The minimum atomic E-state index is -0.0937. The van der Waals surface area contributed by atoms with E-state index in [-0.39, 0.29) is 11.8 Å². The number of nitrogens with zero attached hydrogens (tertiary/aromatic N) is 2. The van der Waals surface area contributed by atoms with Crippen LogP contribution in [-0.4, -0.2) is 16.2 Å². The molecule has 2 rings (SSSR count). The number of halogens is 1. The third-order valence-corrected chi connectivity index (χ3v) is 4.40. The van der Waals surface area contributed by atoms with Crippen molar-refractivity contribution < 1.29 is 4.79 Å². The molecule has 18 heavy (non-hydrogen) atoms. The van der Waals surface area contributed by atoms with Crippen molar-refractivity contribution in [3.63, 3.8) is 0 Å². The zero-order valence-electron chi connectivity index (χ0n) is 10.1. The number of anilines is 1. The standard InChI is InChI=1S/C12H13ClN2OS2/c1-8-3-10(6-17-8)5-15(12(16)4-13)11-7-18-14-9(11)2/h3,6-7H,4-5H2,1-2H3. The van der Waals surface area contributed by atoms with Crippen LogP contribution in [0.25, 0.3) is 0 Å². The molecule has 0 aliphatic heterocycles. The molecule has 6 heteroatoms. The Morgan fingerprint density at radius 3 is 2.72 bits per heavy atom. The molecule has 0 spiro atoms.